The molecule has 6 heteroatoms. The van der Waals surface area contributed by atoms with Crippen LogP contribution in [0.5, 0.6) is 0 Å². The Morgan fingerprint density at radius 3 is 2.87 bits per heavy atom. The van der Waals surface area contributed by atoms with Gasteiger partial charge in [-0.05, 0) is 13.3 Å². The van der Waals surface area contributed by atoms with Gasteiger partial charge in [0.1, 0.15) is 0 Å². The number of aromatic nitrogens is 4. The Morgan fingerprint density at radius 1 is 1.53 bits per heavy atom. The number of thiazole rings is 1. The quantitative estimate of drug-likeness (QED) is 0.849. The molecule has 2 rings (SSSR count). The van der Waals surface area contributed by atoms with E-state index in [9.17, 15) is 0 Å². The standard InChI is InChI=1S/C9H13N5S/c1-3-8-11-7(5-15-8)4-14-6(2)9(10)12-13-14/h5H,3-4,10H2,1-2H3. The van der Waals surface area contributed by atoms with E-state index in [1.54, 1.807) is 16.0 Å². The first-order valence-electron chi connectivity index (χ1n) is 4.79. The van der Waals surface area contributed by atoms with Crippen molar-refractivity contribution in [1.82, 2.24) is 20.0 Å². The van der Waals surface area contributed by atoms with Gasteiger partial charge >= 0.3 is 0 Å². The van der Waals surface area contributed by atoms with Gasteiger partial charge in [0.2, 0.25) is 0 Å². The van der Waals surface area contributed by atoms with Gasteiger partial charge in [-0.1, -0.05) is 12.1 Å². The normalized spacial score (nSPS) is 10.8. The molecule has 0 bridgehead atoms. The minimum atomic E-state index is 0.487. The minimum Gasteiger partial charge on any atom is -0.381 e. The number of hydrogen-bond acceptors (Lipinski definition) is 5. The average Bonchev–Trinajstić information content (AvgIpc) is 2.80. The van der Waals surface area contributed by atoms with Gasteiger partial charge in [0.25, 0.3) is 0 Å². The summed E-state index contributed by atoms with van der Waals surface area (Å²) >= 11 is 1.68. The second kappa shape index (κ2) is 3.98. The number of nitrogens with two attached hydrogens (primary N) is 1. The second-order valence-electron chi connectivity index (χ2n) is 3.30. The predicted octanol–water partition coefficient (Wildman–Crippen LogP) is 1.24. The molecule has 0 saturated carbocycles. The maximum absolute atomic E-state index is 5.61. The smallest absolute Gasteiger partial charge is 0.168 e. The summed E-state index contributed by atoms with van der Waals surface area (Å²) < 4.78 is 1.77. The zero-order chi connectivity index (χ0) is 10.8. The molecule has 2 aromatic heterocycles. The third-order valence-corrected chi connectivity index (χ3v) is 3.27. The lowest BCUT2D eigenvalue weighted by molar-refractivity contribution is 0.624. The van der Waals surface area contributed by atoms with Crippen LogP contribution in [0.15, 0.2) is 5.38 Å². The van der Waals surface area contributed by atoms with Crippen molar-refractivity contribution in [3.8, 4) is 0 Å². The molecule has 2 heterocycles. The molecule has 15 heavy (non-hydrogen) atoms. The molecule has 0 aromatic carbocycles. The van der Waals surface area contributed by atoms with E-state index < -0.39 is 0 Å². The van der Waals surface area contributed by atoms with Crippen molar-refractivity contribution in [2.24, 2.45) is 0 Å². The Bertz CT molecular complexity index is 459. The number of nitrogens with zero attached hydrogens (tertiary/aromatic N) is 4. The minimum absolute atomic E-state index is 0.487. The van der Waals surface area contributed by atoms with Gasteiger partial charge in [0.05, 0.1) is 22.9 Å². The average molecular weight is 223 g/mol. The summed E-state index contributed by atoms with van der Waals surface area (Å²) in [6.07, 6.45) is 0.975. The SMILES string of the molecule is CCc1nc(Cn2nnc(N)c2C)cs1. The van der Waals surface area contributed by atoms with Gasteiger partial charge in [-0.2, -0.15) is 0 Å². The van der Waals surface area contributed by atoms with Crippen LogP contribution in [0.3, 0.4) is 0 Å². The molecule has 0 aliphatic rings. The van der Waals surface area contributed by atoms with Gasteiger partial charge in [0.15, 0.2) is 5.82 Å². The number of anilines is 1. The van der Waals surface area contributed by atoms with E-state index in [1.165, 1.54) is 0 Å². The van der Waals surface area contributed by atoms with E-state index in [4.69, 9.17) is 5.73 Å². The molecule has 0 fully saturated rings. The topological polar surface area (TPSA) is 69.6 Å². The fourth-order valence-electron chi connectivity index (χ4n) is 1.26. The molecule has 2 aromatic rings. The van der Waals surface area contributed by atoms with Gasteiger partial charge in [-0.25, -0.2) is 9.67 Å². The molecule has 0 saturated heterocycles. The number of rotatable bonds is 3. The third kappa shape index (κ3) is 1.99. The van der Waals surface area contributed by atoms with Crippen LogP contribution >= 0.6 is 11.3 Å². The highest BCUT2D eigenvalue weighted by molar-refractivity contribution is 7.09. The van der Waals surface area contributed by atoms with Crippen molar-refractivity contribution >= 4 is 17.2 Å². The van der Waals surface area contributed by atoms with Gasteiger partial charge in [0, 0.05) is 5.38 Å². The van der Waals surface area contributed by atoms with Crippen LogP contribution in [0, 0.1) is 6.92 Å². The van der Waals surface area contributed by atoms with Gasteiger partial charge in [-0.3, -0.25) is 0 Å². The first kappa shape index (κ1) is 10.1. The Labute approximate surface area is 91.9 Å². The van der Waals surface area contributed by atoms with Crippen LogP contribution in [0.4, 0.5) is 5.82 Å². The van der Waals surface area contributed by atoms with Crippen LogP contribution in [0.25, 0.3) is 0 Å². The Hall–Kier alpha value is -1.43. The van der Waals surface area contributed by atoms with Crippen LogP contribution in [-0.2, 0) is 13.0 Å². The van der Waals surface area contributed by atoms with Crippen molar-refractivity contribution in [2.75, 3.05) is 5.73 Å². The van der Waals surface area contributed by atoms with Crippen molar-refractivity contribution < 1.29 is 0 Å². The molecule has 2 N–H and O–H groups in total. The van der Waals surface area contributed by atoms with E-state index in [0.717, 1.165) is 22.8 Å². The van der Waals surface area contributed by atoms with Crippen molar-refractivity contribution in [1.29, 1.82) is 0 Å². The summed E-state index contributed by atoms with van der Waals surface area (Å²) in [5, 5.41) is 11.0. The predicted molar refractivity (Wildman–Crippen MR) is 59.8 cm³/mol. The van der Waals surface area contributed by atoms with E-state index in [1.807, 2.05) is 6.92 Å². The summed E-state index contributed by atoms with van der Waals surface area (Å²) in [5.74, 6) is 0.487. The molecular formula is C9H13N5S. The van der Waals surface area contributed by atoms with E-state index >= 15 is 0 Å². The second-order valence-corrected chi connectivity index (χ2v) is 4.25. The summed E-state index contributed by atoms with van der Waals surface area (Å²) in [6, 6.07) is 0. The van der Waals surface area contributed by atoms with E-state index in [0.29, 0.717) is 12.4 Å². The maximum atomic E-state index is 5.61. The fraction of sp³-hybridized carbons (Fsp3) is 0.444. The number of aryl methyl sites for hydroxylation is 1. The lowest BCUT2D eigenvalue weighted by Gasteiger charge is -1.99. The summed E-state index contributed by atoms with van der Waals surface area (Å²) in [5.41, 5.74) is 7.52. The molecule has 0 radical (unpaired) electrons. The highest BCUT2D eigenvalue weighted by Gasteiger charge is 2.07. The van der Waals surface area contributed by atoms with Crippen molar-refractivity contribution in [2.45, 2.75) is 26.8 Å². The Kier molecular flexibility index (Phi) is 2.68. The van der Waals surface area contributed by atoms with Crippen LogP contribution in [-0.4, -0.2) is 20.0 Å². The molecule has 0 amide bonds. The van der Waals surface area contributed by atoms with Gasteiger partial charge < -0.3 is 5.73 Å². The summed E-state index contributed by atoms with van der Waals surface area (Å²) in [4.78, 5) is 4.46. The zero-order valence-electron chi connectivity index (χ0n) is 8.77. The summed E-state index contributed by atoms with van der Waals surface area (Å²) in [7, 11) is 0. The molecule has 0 aliphatic carbocycles. The summed E-state index contributed by atoms with van der Waals surface area (Å²) in [6.45, 7) is 4.65. The lowest BCUT2D eigenvalue weighted by Crippen LogP contribution is -2.04. The first-order chi connectivity index (χ1) is 7.20. The van der Waals surface area contributed by atoms with Crippen molar-refractivity contribution in [3.63, 3.8) is 0 Å². The molecular weight excluding hydrogens is 210 g/mol. The van der Waals surface area contributed by atoms with Gasteiger partial charge in [-0.15, -0.1) is 16.4 Å². The largest absolute Gasteiger partial charge is 0.381 e. The van der Waals surface area contributed by atoms with Crippen LogP contribution in [0.2, 0.25) is 0 Å². The van der Waals surface area contributed by atoms with Crippen molar-refractivity contribution in [3.05, 3.63) is 21.8 Å². The van der Waals surface area contributed by atoms with E-state index in [-0.39, 0.29) is 0 Å². The Balaban J connectivity index is 2.18. The Morgan fingerprint density at radius 2 is 2.33 bits per heavy atom. The third-order valence-electron chi connectivity index (χ3n) is 2.23. The fourth-order valence-corrected chi connectivity index (χ4v) is 2.00. The highest BCUT2D eigenvalue weighted by atomic mass is 32.1. The molecule has 0 aliphatic heterocycles. The lowest BCUT2D eigenvalue weighted by atomic mass is 10.4. The zero-order valence-corrected chi connectivity index (χ0v) is 9.58. The highest BCUT2D eigenvalue weighted by Crippen LogP contribution is 2.13. The molecule has 5 nitrogen and oxygen atoms in total. The first-order valence-corrected chi connectivity index (χ1v) is 5.67. The maximum Gasteiger partial charge on any atom is 0.168 e. The molecule has 0 atom stereocenters. The number of hydrogen-bond donors (Lipinski definition) is 1. The van der Waals surface area contributed by atoms with Crippen LogP contribution in [0.1, 0.15) is 23.3 Å². The molecule has 80 valence electrons. The monoisotopic (exact) mass is 223 g/mol. The van der Waals surface area contributed by atoms with Crippen LogP contribution < -0.4 is 5.73 Å². The molecule has 0 unspecified atom stereocenters. The number of nitrogen functional groups attached to an aromatic ring is 1. The van der Waals surface area contributed by atoms with E-state index in [2.05, 4.69) is 27.6 Å². The molecule has 0 spiro atoms.